The molecule has 20 heavy (non-hydrogen) atoms. The van der Waals surface area contributed by atoms with Crippen LogP contribution in [0, 0.1) is 5.41 Å². The Balaban J connectivity index is 5.08. The van der Waals surface area contributed by atoms with E-state index in [1.54, 1.807) is 0 Å². The molecule has 0 aliphatic carbocycles. The number of hydrogen-bond donors (Lipinski definition) is 1. The predicted octanol–water partition coefficient (Wildman–Crippen LogP) is 6.48. The van der Waals surface area contributed by atoms with Gasteiger partial charge >= 0.3 is 0 Å². The summed E-state index contributed by atoms with van der Waals surface area (Å²) in [4.78, 5) is 0. The average molecular weight is 285 g/mol. The SMILES string of the molecule is CCCCC(C)(O)C(CCCC)(CCCC)CCCC. The van der Waals surface area contributed by atoms with E-state index in [0.717, 1.165) is 12.8 Å². The van der Waals surface area contributed by atoms with Crippen molar-refractivity contribution in [1.82, 2.24) is 0 Å². The van der Waals surface area contributed by atoms with Gasteiger partial charge in [-0.15, -0.1) is 0 Å². The molecule has 0 heterocycles. The Labute approximate surface area is 128 Å². The van der Waals surface area contributed by atoms with Gasteiger partial charge in [0, 0.05) is 0 Å². The molecule has 1 atom stereocenters. The van der Waals surface area contributed by atoms with Crippen LogP contribution in [0.4, 0.5) is 0 Å². The van der Waals surface area contributed by atoms with E-state index in [-0.39, 0.29) is 5.41 Å². The van der Waals surface area contributed by atoms with Crippen molar-refractivity contribution in [2.45, 2.75) is 117 Å². The fourth-order valence-corrected chi connectivity index (χ4v) is 3.51. The van der Waals surface area contributed by atoms with Crippen molar-refractivity contribution in [3.05, 3.63) is 0 Å². The number of rotatable bonds is 13. The lowest BCUT2D eigenvalue weighted by Crippen LogP contribution is -2.46. The van der Waals surface area contributed by atoms with Crippen LogP contribution in [0.3, 0.4) is 0 Å². The van der Waals surface area contributed by atoms with Crippen LogP contribution in [-0.2, 0) is 0 Å². The zero-order chi connectivity index (χ0) is 15.5. The summed E-state index contributed by atoms with van der Waals surface area (Å²) in [6.45, 7) is 11.2. The summed E-state index contributed by atoms with van der Waals surface area (Å²) < 4.78 is 0. The molecule has 1 nitrogen and oxygen atoms in total. The second kappa shape index (κ2) is 10.7. The van der Waals surface area contributed by atoms with E-state index < -0.39 is 5.60 Å². The first-order valence-corrected chi connectivity index (χ1v) is 9.22. The van der Waals surface area contributed by atoms with Gasteiger partial charge in [-0.25, -0.2) is 0 Å². The predicted molar refractivity (Wildman–Crippen MR) is 91.2 cm³/mol. The third kappa shape index (κ3) is 6.16. The summed E-state index contributed by atoms with van der Waals surface area (Å²) in [5.74, 6) is 0. The van der Waals surface area contributed by atoms with Gasteiger partial charge in [0.05, 0.1) is 5.60 Å². The second-order valence-electron chi connectivity index (χ2n) is 6.97. The van der Waals surface area contributed by atoms with Crippen LogP contribution in [0.1, 0.15) is 112 Å². The fourth-order valence-electron chi connectivity index (χ4n) is 3.51. The molecule has 0 amide bonds. The zero-order valence-electron chi connectivity index (χ0n) is 14.9. The van der Waals surface area contributed by atoms with Gasteiger partial charge in [0.1, 0.15) is 0 Å². The first-order chi connectivity index (χ1) is 9.49. The van der Waals surface area contributed by atoms with Crippen molar-refractivity contribution in [1.29, 1.82) is 0 Å². The maximum absolute atomic E-state index is 11.2. The van der Waals surface area contributed by atoms with Gasteiger partial charge in [-0.3, -0.25) is 0 Å². The molecule has 1 heteroatoms. The molecular weight excluding hydrogens is 244 g/mol. The highest BCUT2D eigenvalue weighted by atomic mass is 16.3. The maximum Gasteiger partial charge on any atom is 0.0675 e. The Morgan fingerprint density at radius 1 is 0.600 bits per heavy atom. The fraction of sp³-hybridized carbons (Fsp3) is 1.00. The lowest BCUT2D eigenvalue weighted by Gasteiger charge is -2.47. The van der Waals surface area contributed by atoms with Gasteiger partial charge < -0.3 is 5.11 Å². The van der Waals surface area contributed by atoms with E-state index in [9.17, 15) is 5.11 Å². The van der Waals surface area contributed by atoms with Crippen LogP contribution in [0.25, 0.3) is 0 Å². The monoisotopic (exact) mass is 284 g/mol. The summed E-state index contributed by atoms with van der Waals surface area (Å²) in [5.41, 5.74) is -0.327. The van der Waals surface area contributed by atoms with Crippen LogP contribution in [0.15, 0.2) is 0 Å². The van der Waals surface area contributed by atoms with Crippen LogP contribution in [0.5, 0.6) is 0 Å². The van der Waals surface area contributed by atoms with Crippen molar-refractivity contribution >= 4 is 0 Å². The van der Waals surface area contributed by atoms with Gasteiger partial charge in [0.2, 0.25) is 0 Å². The molecule has 0 radical (unpaired) electrons. The molecule has 0 aliphatic heterocycles. The Hall–Kier alpha value is -0.0400. The molecule has 0 fully saturated rings. The highest BCUT2D eigenvalue weighted by Crippen LogP contribution is 2.47. The number of aliphatic hydroxyl groups is 1. The summed E-state index contributed by atoms with van der Waals surface area (Å²) in [7, 11) is 0. The number of unbranched alkanes of at least 4 members (excludes halogenated alkanes) is 4. The van der Waals surface area contributed by atoms with E-state index in [2.05, 4.69) is 34.6 Å². The van der Waals surface area contributed by atoms with Crippen molar-refractivity contribution in [2.75, 3.05) is 0 Å². The topological polar surface area (TPSA) is 20.2 Å². The molecule has 0 aromatic heterocycles. The van der Waals surface area contributed by atoms with Crippen molar-refractivity contribution in [3.8, 4) is 0 Å². The van der Waals surface area contributed by atoms with E-state index >= 15 is 0 Å². The number of hydrogen-bond acceptors (Lipinski definition) is 1. The highest BCUT2D eigenvalue weighted by molar-refractivity contribution is 4.95. The third-order valence-electron chi connectivity index (χ3n) is 5.19. The van der Waals surface area contributed by atoms with E-state index in [1.165, 1.54) is 64.2 Å². The van der Waals surface area contributed by atoms with Crippen molar-refractivity contribution in [3.63, 3.8) is 0 Å². The van der Waals surface area contributed by atoms with Crippen LogP contribution >= 0.6 is 0 Å². The Bertz CT molecular complexity index is 198. The average Bonchev–Trinajstić information content (AvgIpc) is 2.44. The molecule has 1 N–H and O–H groups in total. The van der Waals surface area contributed by atoms with Crippen molar-refractivity contribution < 1.29 is 5.11 Å². The van der Waals surface area contributed by atoms with Gasteiger partial charge in [-0.1, -0.05) is 79.1 Å². The molecule has 0 rings (SSSR count). The Kier molecular flexibility index (Phi) is 10.6. The maximum atomic E-state index is 11.2. The second-order valence-corrected chi connectivity index (χ2v) is 6.97. The molecule has 122 valence electrons. The molecule has 1 unspecified atom stereocenters. The molecule has 0 saturated carbocycles. The summed E-state index contributed by atoms with van der Waals surface area (Å²) in [6, 6.07) is 0. The summed E-state index contributed by atoms with van der Waals surface area (Å²) >= 11 is 0. The summed E-state index contributed by atoms with van der Waals surface area (Å²) in [5, 5.41) is 11.2. The minimum absolute atomic E-state index is 0.157. The molecule has 0 aliphatic rings. The molecule has 0 saturated heterocycles. The Morgan fingerprint density at radius 3 is 1.20 bits per heavy atom. The van der Waals surface area contributed by atoms with Gasteiger partial charge in [-0.2, -0.15) is 0 Å². The molecule has 0 aromatic rings. The van der Waals surface area contributed by atoms with Crippen molar-refractivity contribution in [2.24, 2.45) is 5.41 Å². The van der Waals surface area contributed by atoms with Crippen LogP contribution in [-0.4, -0.2) is 10.7 Å². The third-order valence-corrected chi connectivity index (χ3v) is 5.19. The molecule has 0 aromatic carbocycles. The lowest BCUT2D eigenvalue weighted by molar-refractivity contribution is -0.0958. The smallest absolute Gasteiger partial charge is 0.0675 e. The molecular formula is C19H40O. The summed E-state index contributed by atoms with van der Waals surface area (Å²) in [6.07, 6.45) is 14.4. The Morgan fingerprint density at radius 2 is 0.900 bits per heavy atom. The quantitative estimate of drug-likeness (QED) is 0.410. The minimum Gasteiger partial charge on any atom is -0.390 e. The van der Waals surface area contributed by atoms with Gasteiger partial charge in [-0.05, 0) is 38.0 Å². The van der Waals surface area contributed by atoms with E-state index in [1.807, 2.05) is 0 Å². The lowest BCUT2D eigenvalue weighted by atomic mass is 9.62. The van der Waals surface area contributed by atoms with Gasteiger partial charge in [0.25, 0.3) is 0 Å². The first kappa shape index (κ1) is 20.0. The minimum atomic E-state index is -0.484. The normalized spacial score (nSPS) is 15.3. The van der Waals surface area contributed by atoms with E-state index in [0.29, 0.717) is 0 Å². The van der Waals surface area contributed by atoms with Crippen LogP contribution in [0.2, 0.25) is 0 Å². The standard InChI is InChI=1S/C19H40O/c1-6-10-14-18(5,20)19(15-11-7-2,16-12-8-3)17-13-9-4/h20H,6-17H2,1-5H3. The first-order valence-electron chi connectivity index (χ1n) is 9.22. The molecule has 0 bridgehead atoms. The van der Waals surface area contributed by atoms with E-state index in [4.69, 9.17) is 0 Å². The molecule has 0 spiro atoms. The highest BCUT2D eigenvalue weighted by Gasteiger charge is 2.44. The largest absolute Gasteiger partial charge is 0.390 e. The van der Waals surface area contributed by atoms with Crippen LogP contribution < -0.4 is 0 Å². The van der Waals surface area contributed by atoms with Gasteiger partial charge in [0.15, 0.2) is 0 Å². The zero-order valence-corrected chi connectivity index (χ0v) is 14.9.